The molecule has 0 atom stereocenters. The Morgan fingerprint density at radius 1 is 0.833 bits per heavy atom. The average Bonchev–Trinajstić information content (AvgIpc) is 2.06. The Morgan fingerprint density at radius 2 is 1.25 bits per heavy atom. The summed E-state index contributed by atoms with van der Waals surface area (Å²) in [7, 11) is 0. The van der Waals surface area contributed by atoms with Crippen LogP contribution in [0.4, 0.5) is 4.32 Å². The van der Waals surface area contributed by atoms with E-state index in [4.69, 9.17) is 0 Å². The number of rotatable bonds is 8. The molecule has 12 heavy (non-hydrogen) atoms. The lowest BCUT2D eigenvalue weighted by Crippen LogP contribution is -2.03. The molecule has 0 fully saturated rings. The first kappa shape index (κ1) is 12.0. The Bertz CT molecular complexity index is 75.9. The minimum Gasteiger partial charge on any atom is -0.336 e. The molecule has 0 amide bonds. The molecule has 2 heteroatoms. The van der Waals surface area contributed by atoms with Gasteiger partial charge in [0, 0.05) is 0 Å². The zero-order valence-corrected chi connectivity index (χ0v) is 8.61. The minimum absolute atomic E-state index is 0.525. The second-order valence-electron chi connectivity index (χ2n) is 3.59. The number of hydrogen-bond acceptors (Lipinski definition) is 0. The molecule has 0 radical (unpaired) electrons. The summed E-state index contributed by atoms with van der Waals surface area (Å²) >= 11 is 0. The van der Waals surface area contributed by atoms with Crippen molar-refractivity contribution in [2.75, 3.05) is 0 Å². The molecule has 0 aromatic rings. The molecule has 0 N–H and O–H groups in total. The molecule has 0 saturated heterocycles. The molecule has 0 spiro atoms. The van der Waals surface area contributed by atoms with Crippen molar-refractivity contribution in [2.45, 2.75) is 65.0 Å². The third kappa shape index (κ3) is 8.09. The van der Waals surface area contributed by atoms with Gasteiger partial charge in [-0.05, 0) is 12.6 Å². The Balaban J connectivity index is 3.04. The zero-order chi connectivity index (χ0) is 9.23. The summed E-state index contributed by atoms with van der Waals surface area (Å²) in [5.41, 5.74) is 0. The second kappa shape index (κ2) is 9.09. The number of unbranched alkanes of at least 4 members (excludes halogenated alkanes) is 4. The standard InChI is InChI=1S/C10H22BF/c1-3-5-7-9-11(12)10-8-6-4-2/h3-10H2,1-2H3. The minimum atomic E-state index is -0.525. The van der Waals surface area contributed by atoms with E-state index in [1.807, 2.05) is 0 Å². The smallest absolute Gasteiger partial charge is 0.336 e. The van der Waals surface area contributed by atoms with Crippen molar-refractivity contribution in [3.05, 3.63) is 0 Å². The largest absolute Gasteiger partial charge is 0.348 e. The van der Waals surface area contributed by atoms with Gasteiger partial charge in [0.1, 0.15) is 0 Å². The maximum Gasteiger partial charge on any atom is 0.348 e. The first-order valence-electron chi connectivity index (χ1n) is 5.45. The van der Waals surface area contributed by atoms with Crippen LogP contribution in [0, 0.1) is 0 Å². The molecule has 0 aliphatic rings. The molecule has 0 unspecified atom stereocenters. The lowest BCUT2D eigenvalue weighted by atomic mass is 9.62. The highest BCUT2D eigenvalue weighted by molar-refractivity contribution is 6.50. The lowest BCUT2D eigenvalue weighted by molar-refractivity contribution is 0.699. The van der Waals surface area contributed by atoms with Crippen LogP contribution >= 0.6 is 0 Å². The zero-order valence-electron chi connectivity index (χ0n) is 8.61. The molecule has 0 aliphatic heterocycles. The van der Waals surface area contributed by atoms with Crippen LogP contribution in [-0.2, 0) is 0 Å². The summed E-state index contributed by atoms with van der Waals surface area (Å²) in [6.45, 7) is 3.79. The van der Waals surface area contributed by atoms with E-state index in [1.165, 1.54) is 25.7 Å². The fraction of sp³-hybridized carbons (Fsp3) is 1.00. The van der Waals surface area contributed by atoms with Gasteiger partial charge < -0.3 is 4.32 Å². The molecule has 0 aromatic heterocycles. The van der Waals surface area contributed by atoms with Crippen molar-refractivity contribution in [3.63, 3.8) is 0 Å². The highest BCUT2D eigenvalue weighted by atomic mass is 19.1. The van der Waals surface area contributed by atoms with Gasteiger partial charge in [-0.3, -0.25) is 0 Å². The summed E-state index contributed by atoms with van der Waals surface area (Å²) in [6, 6.07) is 0. The van der Waals surface area contributed by atoms with E-state index < -0.39 is 6.99 Å². The molecule has 0 heterocycles. The van der Waals surface area contributed by atoms with Gasteiger partial charge in [-0.1, -0.05) is 52.4 Å². The Morgan fingerprint density at radius 3 is 1.58 bits per heavy atom. The van der Waals surface area contributed by atoms with E-state index in [0.29, 0.717) is 0 Å². The molecule has 0 bridgehead atoms. The van der Waals surface area contributed by atoms with Gasteiger partial charge in [0.05, 0.1) is 0 Å². The summed E-state index contributed by atoms with van der Waals surface area (Å²) in [5, 5.41) is 0. The molecule has 0 aliphatic carbocycles. The quantitative estimate of drug-likeness (QED) is 0.377. The molecular formula is C10H22BF. The fourth-order valence-corrected chi connectivity index (χ4v) is 1.38. The van der Waals surface area contributed by atoms with Crippen LogP contribution in [0.3, 0.4) is 0 Å². The Labute approximate surface area is 77.1 Å². The van der Waals surface area contributed by atoms with Crippen LogP contribution in [0.5, 0.6) is 0 Å². The molecule has 0 nitrogen and oxygen atoms in total. The van der Waals surface area contributed by atoms with Crippen molar-refractivity contribution in [3.8, 4) is 0 Å². The van der Waals surface area contributed by atoms with Crippen molar-refractivity contribution in [1.29, 1.82) is 0 Å². The Kier molecular flexibility index (Phi) is 9.08. The van der Waals surface area contributed by atoms with Crippen LogP contribution in [-0.4, -0.2) is 6.99 Å². The van der Waals surface area contributed by atoms with Gasteiger partial charge in [-0.15, -0.1) is 0 Å². The summed E-state index contributed by atoms with van der Waals surface area (Å²) in [6.07, 6.45) is 8.49. The van der Waals surface area contributed by atoms with Gasteiger partial charge >= 0.3 is 6.99 Å². The van der Waals surface area contributed by atoms with Crippen LogP contribution < -0.4 is 0 Å². The van der Waals surface area contributed by atoms with Crippen molar-refractivity contribution in [1.82, 2.24) is 0 Å². The van der Waals surface area contributed by atoms with Gasteiger partial charge in [0.2, 0.25) is 0 Å². The van der Waals surface area contributed by atoms with Crippen molar-refractivity contribution in [2.24, 2.45) is 0 Å². The highest BCUT2D eigenvalue weighted by Crippen LogP contribution is 2.12. The highest BCUT2D eigenvalue weighted by Gasteiger charge is 2.11. The second-order valence-corrected chi connectivity index (χ2v) is 3.59. The normalized spacial score (nSPS) is 10.2. The van der Waals surface area contributed by atoms with Gasteiger partial charge in [0.15, 0.2) is 0 Å². The van der Waals surface area contributed by atoms with Gasteiger partial charge in [0.25, 0.3) is 0 Å². The van der Waals surface area contributed by atoms with E-state index in [1.54, 1.807) is 0 Å². The molecule has 0 aromatic carbocycles. The average molecular weight is 172 g/mol. The summed E-state index contributed by atoms with van der Waals surface area (Å²) in [5.74, 6) is 0. The van der Waals surface area contributed by atoms with E-state index in [0.717, 1.165) is 25.5 Å². The molecular weight excluding hydrogens is 150 g/mol. The van der Waals surface area contributed by atoms with E-state index in [-0.39, 0.29) is 0 Å². The Hall–Kier alpha value is -0.00506. The maximum atomic E-state index is 13.0. The SMILES string of the molecule is CCCCCB(F)CCCCC. The summed E-state index contributed by atoms with van der Waals surface area (Å²) < 4.78 is 13.0. The monoisotopic (exact) mass is 172 g/mol. The van der Waals surface area contributed by atoms with Crippen LogP contribution in [0.2, 0.25) is 12.6 Å². The van der Waals surface area contributed by atoms with E-state index in [9.17, 15) is 4.32 Å². The maximum absolute atomic E-state index is 13.0. The number of hydrogen-bond donors (Lipinski definition) is 0. The topological polar surface area (TPSA) is 0 Å². The van der Waals surface area contributed by atoms with Crippen LogP contribution in [0.25, 0.3) is 0 Å². The predicted octanol–water partition coefficient (Wildman–Crippen LogP) is 4.33. The third-order valence-corrected chi connectivity index (χ3v) is 2.24. The van der Waals surface area contributed by atoms with Crippen molar-refractivity contribution >= 4 is 6.99 Å². The predicted molar refractivity (Wildman–Crippen MR) is 55.5 cm³/mol. The first-order chi connectivity index (χ1) is 5.81. The molecule has 72 valence electrons. The first-order valence-corrected chi connectivity index (χ1v) is 5.45. The molecule has 0 saturated carbocycles. The fourth-order valence-electron chi connectivity index (χ4n) is 1.38. The summed E-state index contributed by atoms with van der Waals surface area (Å²) in [4.78, 5) is 0. The molecule has 0 rings (SSSR count). The number of halogens is 1. The van der Waals surface area contributed by atoms with E-state index in [2.05, 4.69) is 13.8 Å². The van der Waals surface area contributed by atoms with Gasteiger partial charge in [-0.2, -0.15) is 0 Å². The van der Waals surface area contributed by atoms with Crippen molar-refractivity contribution < 1.29 is 4.32 Å². The van der Waals surface area contributed by atoms with Crippen LogP contribution in [0.15, 0.2) is 0 Å². The third-order valence-electron chi connectivity index (χ3n) is 2.24. The van der Waals surface area contributed by atoms with E-state index >= 15 is 0 Å². The lowest BCUT2D eigenvalue weighted by Gasteiger charge is -2.02. The van der Waals surface area contributed by atoms with Gasteiger partial charge in [-0.25, -0.2) is 0 Å². The van der Waals surface area contributed by atoms with Crippen LogP contribution in [0.1, 0.15) is 52.4 Å².